The number of rotatable bonds is 2. The first kappa shape index (κ1) is 9.99. The average Bonchev–Trinajstić information content (AvgIpc) is 2.01. The minimum Gasteiger partial charge on any atom is -0.494 e. The van der Waals surface area contributed by atoms with Gasteiger partial charge in [-0.2, -0.15) is 0 Å². The molecule has 0 spiro atoms. The van der Waals surface area contributed by atoms with E-state index in [1.165, 1.54) is 0 Å². The number of carbonyl (C=O) groups is 1. The van der Waals surface area contributed by atoms with E-state index in [0.717, 1.165) is 0 Å². The summed E-state index contributed by atoms with van der Waals surface area (Å²) in [6, 6.07) is -1.68. The van der Waals surface area contributed by atoms with E-state index in [-0.39, 0.29) is 0 Å². The zero-order valence-electron chi connectivity index (χ0n) is 6.77. The molecule has 0 saturated heterocycles. The van der Waals surface area contributed by atoms with E-state index < -0.39 is 34.7 Å². The van der Waals surface area contributed by atoms with Crippen molar-refractivity contribution < 1.29 is 15.0 Å². The van der Waals surface area contributed by atoms with Crippen LogP contribution in [0, 0.1) is 0 Å². The molecule has 14 heavy (non-hydrogen) atoms. The lowest BCUT2D eigenvalue weighted by Crippen LogP contribution is -2.32. The van der Waals surface area contributed by atoms with Crippen molar-refractivity contribution in [1.29, 1.82) is 0 Å². The van der Waals surface area contributed by atoms with E-state index in [1.807, 2.05) is 4.98 Å². The lowest BCUT2D eigenvalue weighted by Gasteiger charge is -2.05. The number of nitrogens with one attached hydrogen (secondary N) is 2. The number of hydrogen-bond donors (Lipinski definition) is 5. The third kappa shape index (κ3) is 1.64. The van der Waals surface area contributed by atoms with Gasteiger partial charge in [-0.25, -0.2) is 4.79 Å². The summed E-state index contributed by atoms with van der Waals surface area (Å²) in [4.78, 5) is 35.6. The fourth-order valence-electron chi connectivity index (χ4n) is 0.896. The summed E-state index contributed by atoms with van der Waals surface area (Å²) < 4.78 is 0. The number of nitrogens with two attached hydrogens (primary N) is 1. The summed E-state index contributed by atoms with van der Waals surface area (Å²) in [5.41, 5.74) is 2.54. The fourth-order valence-corrected chi connectivity index (χ4v) is 0.896. The van der Waals surface area contributed by atoms with Gasteiger partial charge in [0.1, 0.15) is 11.6 Å². The molecule has 1 aromatic heterocycles. The Morgan fingerprint density at radius 3 is 2.36 bits per heavy atom. The number of aromatic hydroxyl groups is 1. The van der Waals surface area contributed by atoms with Crippen LogP contribution in [-0.4, -0.2) is 26.2 Å². The second kappa shape index (κ2) is 3.34. The van der Waals surface area contributed by atoms with Crippen LogP contribution in [-0.2, 0) is 4.79 Å². The molecule has 0 radical (unpaired) electrons. The second-order valence-electron chi connectivity index (χ2n) is 2.49. The summed E-state index contributed by atoms with van der Waals surface area (Å²) in [5.74, 6) is -2.33. The summed E-state index contributed by atoms with van der Waals surface area (Å²) in [6.45, 7) is 0. The third-order valence-electron chi connectivity index (χ3n) is 1.54. The second-order valence-corrected chi connectivity index (χ2v) is 2.49. The molecule has 0 fully saturated rings. The van der Waals surface area contributed by atoms with E-state index >= 15 is 0 Å². The van der Waals surface area contributed by atoms with Gasteiger partial charge in [-0.3, -0.25) is 19.6 Å². The average molecular weight is 201 g/mol. The third-order valence-corrected chi connectivity index (χ3v) is 1.54. The molecule has 76 valence electrons. The highest BCUT2D eigenvalue weighted by atomic mass is 16.4. The van der Waals surface area contributed by atoms with E-state index in [0.29, 0.717) is 0 Å². The van der Waals surface area contributed by atoms with Gasteiger partial charge in [-0.1, -0.05) is 0 Å². The van der Waals surface area contributed by atoms with E-state index in [2.05, 4.69) is 0 Å². The van der Waals surface area contributed by atoms with Crippen LogP contribution in [0.4, 0.5) is 0 Å². The number of carboxylic acids is 1. The molecule has 1 unspecified atom stereocenters. The van der Waals surface area contributed by atoms with Gasteiger partial charge in [0, 0.05) is 0 Å². The minimum atomic E-state index is -1.68. The summed E-state index contributed by atoms with van der Waals surface area (Å²) in [6.07, 6.45) is 0. The Hall–Kier alpha value is -2.09. The predicted octanol–water partition coefficient (Wildman–Crippen LogP) is -2.15. The molecule has 8 nitrogen and oxygen atoms in total. The van der Waals surface area contributed by atoms with Crippen molar-refractivity contribution in [2.75, 3.05) is 0 Å². The Morgan fingerprint density at radius 1 is 1.36 bits per heavy atom. The van der Waals surface area contributed by atoms with Crippen molar-refractivity contribution in [3.8, 4) is 5.88 Å². The highest BCUT2D eigenvalue weighted by Crippen LogP contribution is 2.13. The van der Waals surface area contributed by atoms with Crippen molar-refractivity contribution in [2.24, 2.45) is 5.73 Å². The molecule has 1 heterocycles. The van der Waals surface area contributed by atoms with Crippen LogP contribution in [0.2, 0.25) is 0 Å². The van der Waals surface area contributed by atoms with E-state index in [9.17, 15) is 14.4 Å². The number of carboxylic acid groups (broad SMARTS) is 1. The van der Waals surface area contributed by atoms with Crippen molar-refractivity contribution in [1.82, 2.24) is 9.97 Å². The lowest BCUT2D eigenvalue weighted by atomic mass is 10.1. The van der Waals surface area contributed by atoms with E-state index in [1.54, 1.807) is 4.98 Å². The molecule has 1 aromatic rings. The molecule has 1 rings (SSSR count). The Balaban J connectivity index is 3.42. The van der Waals surface area contributed by atoms with Crippen LogP contribution >= 0.6 is 0 Å². The summed E-state index contributed by atoms with van der Waals surface area (Å²) in [7, 11) is 0. The SMILES string of the molecule is NC(C(=O)O)c1c(O)[nH]c(=O)[nH]c1=O. The Morgan fingerprint density at radius 2 is 1.93 bits per heavy atom. The maximum absolute atomic E-state index is 11.0. The van der Waals surface area contributed by atoms with Crippen molar-refractivity contribution in [2.45, 2.75) is 6.04 Å². The van der Waals surface area contributed by atoms with Gasteiger partial charge >= 0.3 is 11.7 Å². The monoisotopic (exact) mass is 201 g/mol. The van der Waals surface area contributed by atoms with Crippen molar-refractivity contribution >= 4 is 5.97 Å². The molecule has 1 atom stereocenters. The topological polar surface area (TPSA) is 149 Å². The Bertz CT molecular complexity index is 473. The minimum absolute atomic E-state index is 0.586. The lowest BCUT2D eigenvalue weighted by molar-refractivity contribution is -0.138. The summed E-state index contributed by atoms with van der Waals surface area (Å²) >= 11 is 0. The van der Waals surface area contributed by atoms with E-state index in [4.69, 9.17) is 15.9 Å². The normalized spacial score (nSPS) is 12.4. The van der Waals surface area contributed by atoms with Crippen molar-refractivity contribution in [3.05, 3.63) is 26.4 Å². The van der Waals surface area contributed by atoms with Crippen LogP contribution in [0.5, 0.6) is 5.88 Å². The molecule has 0 aliphatic rings. The highest BCUT2D eigenvalue weighted by Gasteiger charge is 2.22. The Kier molecular flexibility index (Phi) is 2.38. The maximum atomic E-state index is 11.0. The van der Waals surface area contributed by atoms with Gasteiger partial charge in [0.2, 0.25) is 5.88 Å². The predicted molar refractivity (Wildman–Crippen MR) is 43.9 cm³/mol. The van der Waals surface area contributed by atoms with Gasteiger partial charge in [0.15, 0.2) is 0 Å². The van der Waals surface area contributed by atoms with Crippen LogP contribution in [0.3, 0.4) is 0 Å². The van der Waals surface area contributed by atoms with Gasteiger partial charge < -0.3 is 15.9 Å². The van der Waals surface area contributed by atoms with Crippen LogP contribution in [0.1, 0.15) is 11.6 Å². The zero-order valence-corrected chi connectivity index (χ0v) is 6.77. The van der Waals surface area contributed by atoms with Gasteiger partial charge in [-0.05, 0) is 0 Å². The number of hydrogen-bond acceptors (Lipinski definition) is 5. The smallest absolute Gasteiger partial charge is 0.328 e. The summed E-state index contributed by atoms with van der Waals surface area (Å²) in [5, 5.41) is 17.5. The number of H-pyrrole nitrogens is 2. The van der Waals surface area contributed by atoms with Gasteiger partial charge in [0.25, 0.3) is 5.56 Å². The molecule has 0 aromatic carbocycles. The standard InChI is InChI=1S/C6H7N3O5/c7-2(5(12)13)1-3(10)8-6(14)9-4(1)11/h2H,7H2,(H,12,13)(H3,8,9,10,11,14). The first-order valence-corrected chi connectivity index (χ1v) is 3.47. The van der Waals surface area contributed by atoms with Gasteiger partial charge in [0.05, 0.1) is 0 Å². The molecule has 0 aliphatic carbocycles. The largest absolute Gasteiger partial charge is 0.494 e. The molecule has 0 saturated carbocycles. The molecule has 0 amide bonds. The first-order valence-electron chi connectivity index (χ1n) is 3.47. The van der Waals surface area contributed by atoms with Crippen LogP contribution in [0.15, 0.2) is 9.59 Å². The van der Waals surface area contributed by atoms with Crippen molar-refractivity contribution in [3.63, 3.8) is 0 Å². The molecule has 6 N–H and O–H groups in total. The zero-order chi connectivity index (χ0) is 10.9. The molecule has 0 bridgehead atoms. The highest BCUT2D eigenvalue weighted by molar-refractivity contribution is 5.75. The van der Waals surface area contributed by atoms with Gasteiger partial charge in [-0.15, -0.1) is 0 Å². The number of aromatic amines is 2. The quantitative estimate of drug-likeness (QED) is 0.368. The van der Waals surface area contributed by atoms with Crippen LogP contribution in [0.25, 0.3) is 0 Å². The molecule has 0 aliphatic heterocycles. The maximum Gasteiger partial charge on any atom is 0.328 e. The Labute approximate surface area is 76.0 Å². The number of aromatic nitrogens is 2. The van der Waals surface area contributed by atoms with Crippen LogP contribution < -0.4 is 17.0 Å². The molecular formula is C6H7N3O5. The number of aliphatic carboxylic acids is 1. The molecule has 8 heteroatoms. The first-order chi connectivity index (χ1) is 6.43. The molecular weight excluding hydrogens is 194 g/mol. The fraction of sp³-hybridized carbons (Fsp3) is 0.167.